The Morgan fingerprint density at radius 2 is 1.86 bits per heavy atom. The smallest absolute Gasteiger partial charge is 0.326 e. The number of hydrogen-bond donors (Lipinski definition) is 0. The number of aromatic nitrogens is 1. The second-order valence-corrected chi connectivity index (χ2v) is 6.58. The normalized spacial score (nSPS) is 12.9. The van der Waals surface area contributed by atoms with E-state index in [9.17, 15) is 29.3 Å². The zero-order valence-electron chi connectivity index (χ0n) is 15.9. The number of fused-ring (bicyclic) bond motifs is 1. The highest BCUT2D eigenvalue weighted by Crippen LogP contribution is 2.30. The van der Waals surface area contributed by atoms with Crippen molar-refractivity contribution in [3.8, 4) is 0 Å². The third-order valence-corrected chi connectivity index (χ3v) is 4.90. The van der Waals surface area contributed by atoms with Gasteiger partial charge >= 0.3 is 5.97 Å². The molecule has 10 heteroatoms. The fourth-order valence-electron chi connectivity index (χ4n) is 3.15. The number of nitro benzene ring substituents is 1. The Labute approximate surface area is 164 Å². The van der Waals surface area contributed by atoms with Gasteiger partial charge in [0.2, 0.25) is 5.78 Å². The molecule has 1 aliphatic heterocycles. The number of rotatable bonds is 6. The number of nitrogens with zero attached hydrogens (tertiary/aromatic N) is 3. The van der Waals surface area contributed by atoms with E-state index in [1.54, 1.807) is 20.0 Å². The lowest BCUT2D eigenvalue weighted by molar-refractivity contribution is -0.385. The summed E-state index contributed by atoms with van der Waals surface area (Å²) in [5, 5.41) is 11.1. The summed E-state index contributed by atoms with van der Waals surface area (Å²) in [6.45, 7) is 2.29. The molecule has 29 heavy (non-hydrogen) atoms. The third-order valence-electron chi connectivity index (χ3n) is 4.90. The van der Waals surface area contributed by atoms with Gasteiger partial charge in [-0.25, -0.2) is 0 Å². The zero-order chi connectivity index (χ0) is 21.5. The molecule has 150 valence electrons. The van der Waals surface area contributed by atoms with Crippen molar-refractivity contribution in [3.63, 3.8) is 0 Å². The molecule has 0 spiro atoms. The standard InChI is InChI=1S/C19H17N3O7/c1-10-7-13(11(2)20(10)3)15(23)9-29-16(24)8-21-18(25)12-5-4-6-14(22(27)28)17(12)19(21)26/h4-7H,8-9H2,1-3H3. The lowest BCUT2D eigenvalue weighted by Crippen LogP contribution is -2.36. The van der Waals surface area contributed by atoms with Crippen molar-refractivity contribution in [1.29, 1.82) is 0 Å². The van der Waals surface area contributed by atoms with Crippen LogP contribution in [0.4, 0.5) is 5.69 Å². The molecule has 0 fully saturated rings. The van der Waals surface area contributed by atoms with Gasteiger partial charge in [-0.15, -0.1) is 0 Å². The first kappa shape index (κ1) is 19.9. The van der Waals surface area contributed by atoms with E-state index in [0.717, 1.165) is 17.5 Å². The van der Waals surface area contributed by atoms with Crippen LogP contribution in [0.5, 0.6) is 0 Å². The number of imide groups is 1. The van der Waals surface area contributed by atoms with Crippen LogP contribution in [-0.4, -0.2) is 51.1 Å². The first-order valence-electron chi connectivity index (χ1n) is 8.58. The molecular weight excluding hydrogens is 382 g/mol. The average Bonchev–Trinajstić information content (AvgIpc) is 3.08. The Hall–Kier alpha value is -3.82. The van der Waals surface area contributed by atoms with Crippen LogP contribution in [0.25, 0.3) is 0 Å². The molecule has 0 aliphatic carbocycles. The minimum Gasteiger partial charge on any atom is -0.456 e. The quantitative estimate of drug-likeness (QED) is 0.237. The van der Waals surface area contributed by atoms with E-state index in [2.05, 4.69) is 0 Å². The first-order chi connectivity index (χ1) is 13.6. The molecule has 0 bridgehead atoms. The van der Waals surface area contributed by atoms with Crippen molar-refractivity contribution in [2.75, 3.05) is 13.2 Å². The Balaban J connectivity index is 1.68. The van der Waals surface area contributed by atoms with Crippen molar-refractivity contribution in [2.45, 2.75) is 13.8 Å². The number of aryl methyl sites for hydroxylation is 1. The molecule has 0 saturated carbocycles. The minimum absolute atomic E-state index is 0.150. The van der Waals surface area contributed by atoms with Crippen LogP contribution in [0.2, 0.25) is 0 Å². The van der Waals surface area contributed by atoms with Crippen molar-refractivity contribution in [2.24, 2.45) is 7.05 Å². The topological polar surface area (TPSA) is 129 Å². The fraction of sp³-hybridized carbons (Fsp3) is 0.263. The maximum Gasteiger partial charge on any atom is 0.326 e. The summed E-state index contributed by atoms with van der Waals surface area (Å²) in [7, 11) is 1.80. The third kappa shape index (κ3) is 3.40. The predicted octanol–water partition coefficient (Wildman–Crippen LogP) is 1.57. The van der Waals surface area contributed by atoms with Crippen molar-refractivity contribution >= 4 is 29.3 Å². The molecule has 1 aliphatic rings. The molecule has 0 N–H and O–H groups in total. The van der Waals surface area contributed by atoms with E-state index in [-0.39, 0.29) is 11.1 Å². The number of ketones is 1. The van der Waals surface area contributed by atoms with Gasteiger partial charge in [-0.1, -0.05) is 6.07 Å². The summed E-state index contributed by atoms with van der Waals surface area (Å²) in [5.74, 6) is -3.17. The van der Waals surface area contributed by atoms with Gasteiger partial charge in [0.15, 0.2) is 6.61 Å². The highest BCUT2D eigenvalue weighted by Gasteiger charge is 2.42. The second-order valence-electron chi connectivity index (χ2n) is 6.58. The zero-order valence-corrected chi connectivity index (χ0v) is 15.9. The van der Waals surface area contributed by atoms with Crippen LogP contribution < -0.4 is 0 Å². The summed E-state index contributed by atoms with van der Waals surface area (Å²) in [4.78, 5) is 60.1. The molecule has 10 nitrogen and oxygen atoms in total. The van der Waals surface area contributed by atoms with Gasteiger partial charge in [0, 0.05) is 30.1 Å². The minimum atomic E-state index is -0.971. The predicted molar refractivity (Wildman–Crippen MR) is 98.6 cm³/mol. The van der Waals surface area contributed by atoms with E-state index in [1.165, 1.54) is 12.1 Å². The number of carbonyl (C=O) groups is 4. The van der Waals surface area contributed by atoms with E-state index >= 15 is 0 Å². The molecule has 2 amide bonds. The molecular formula is C19H17N3O7. The van der Waals surface area contributed by atoms with Crippen LogP contribution in [0, 0.1) is 24.0 Å². The van der Waals surface area contributed by atoms with Gasteiger partial charge < -0.3 is 9.30 Å². The van der Waals surface area contributed by atoms with Crippen LogP contribution in [0.3, 0.4) is 0 Å². The summed E-state index contributed by atoms with van der Waals surface area (Å²) in [6, 6.07) is 5.34. The number of esters is 1. The van der Waals surface area contributed by atoms with E-state index in [0.29, 0.717) is 10.5 Å². The highest BCUT2D eigenvalue weighted by atomic mass is 16.6. The van der Waals surface area contributed by atoms with Crippen LogP contribution >= 0.6 is 0 Å². The SMILES string of the molecule is Cc1cc(C(=O)COC(=O)CN2C(=O)c3cccc([N+](=O)[O-])c3C2=O)c(C)n1C. The van der Waals surface area contributed by atoms with Crippen molar-refractivity contribution in [3.05, 3.63) is 62.5 Å². The first-order valence-corrected chi connectivity index (χ1v) is 8.58. The van der Waals surface area contributed by atoms with Crippen molar-refractivity contribution < 1.29 is 28.8 Å². The lowest BCUT2D eigenvalue weighted by Gasteiger charge is -2.12. The number of hydrogen-bond acceptors (Lipinski definition) is 7. The summed E-state index contributed by atoms with van der Waals surface area (Å²) in [5.41, 5.74) is 0.974. The monoisotopic (exact) mass is 399 g/mol. The molecule has 1 aromatic carbocycles. The Kier molecular flexibility index (Phi) is 5.02. The average molecular weight is 399 g/mol. The second kappa shape index (κ2) is 7.30. The molecule has 0 atom stereocenters. The van der Waals surface area contributed by atoms with Gasteiger partial charge in [0.25, 0.3) is 17.5 Å². The Morgan fingerprint density at radius 1 is 1.17 bits per heavy atom. The van der Waals surface area contributed by atoms with E-state index in [4.69, 9.17) is 4.74 Å². The van der Waals surface area contributed by atoms with Gasteiger partial charge in [-0.05, 0) is 26.0 Å². The summed E-state index contributed by atoms with van der Waals surface area (Å²) >= 11 is 0. The van der Waals surface area contributed by atoms with Gasteiger partial charge in [0.05, 0.1) is 10.5 Å². The molecule has 2 heterocycles. The number of benzene rings is 1. The number of carbonyl (C=O) groups excluding carboxylic acids is 4. The molecule has 3 rings (SSSR count). The van der Waals surface area contributed by atoms with Crippen LogP contribution in [0.1, 0.15) is 42.5 Å². The van der Waals surface area contributed by atoms with Gasteiger partial charge in [0.1, 0.15) is 12.1 Å². The summed E-state index contributed by atoms with van der Waals surface area (Å²) < 4.78 is 6.74. The lowest BCUT2D eigenvalue weighted by atomic mass is 10.1. The molecule has 0 radical (unpaired) electrons. The number of amides is 2. The molecule has 1 aromatic heterocycles. The largest absolute Gasteiger partial charge is 0.456 e. The Bertz CT molecular complexity index is 1080. The molecule has 0 saturated heterocycles. The molecule has 0 unspecified atom stereocenters. The van der Waals surface area contributed by atoms with E-state index in [1.807, 2.05) is 11.5 Å². The highest BCUT2D eigenvalue weighted by molar-refractivity contribution is 6.24. The fourth-order valence-corrected chi connectivity index (χ4v) is 3.15. The van der Waals surface area contributed by atoms with Gasteiger partial charge in [-0.3, -0.25) is 34.2 Å². The molecule has 2 aromatic rings. The number of ether oxygens (including phenoxy) is 1. The maximum absolute atomic E-state index is 12.4. The summed E-state index contributed by atoms with van der Waals surface area (Å²) in [6.07, 6.45) is 0. The van der Waals surface area contributed by atoms with Crippen LogP contribution in [-0.2, 0) is 16.6 Å². The van der Waals surface area contributed by atoms with Crippen molar-refractivity contribution in [1.82, 2.24) is 9.47 Å². The van der Waals surface area contributed by atoms with E-state index < -0.39 is 47.3 Å². The maximum atomic E-state index is 12.4. The number of Topliss-reactive ketones (excluding diaryl/α,β-unsaturated/α-hetero) is 1. The van der Waals surface area contributed by atoms with Crippen LogP contribution in [0.15, 0.2) is 24.3 Å². The Morgan fingerprint density at radius 3 is 2.45 bits per heavy atom. The van der Waals surface area contributed by atoms with Gasteiger partial charge in [-0.2, -0.15) is 0 Å². The number of nitro groups is 1.